The maximum Gasteiger partial charge on any atom is 0.228 e. The van der Waals surface area contributed by atoms with E-state index in [1.807, 2.05) is 49.4 Å². The molecule has 1 aromatic heterocycles. The molecule has 0 radical (unpaired) electrons. The number of aromatic nitrogens is 2. The summed E-state index contributed by atoms with van der Waals surface area (Å²) in [6.45, 7) is 2.02. The van der Waals surface area contributed by atoms with Crippen LogP contribution in [0.25, 0.3) is 11.0 Å². The van der Waals surface area contributed by atoms with Gasteiger partial charge in [0.1, 0.15) is 0 Å². The predicted molar refractivity (Wildman–Crippen MR) is 79.6 cm³/mol. The highest BCUT2D eigenvalue weighted by atomic mass is 16.1. The van der Waals surface area contributed by atoms with Gasteiger partial charge in [-0.1, -0.05) is 29.8 Å². The Kier molecular flexibility index (Phi) is 3.21. The second-order valence-electron chi connectivity index (χ2n) is 4.85. The summed E-state index contributed by atoms with van der Waals surface area (Å²) >= 11 is 0. The molecule has 1 heterocycles. The van der Waals surface area contributed by atoms with Crippen molar-refractivity contribution in [1.82, 2.24) is 9.97 Å². The molecule has 0 aliphatic carbocycles. The zero-order valence-electron chi connectivity index (χ0n) is 11.2. The zero-order valence-corrected chi connectivity index (χ0v) is 11.2. The molecule has 0 saturated carbocycles. The van der Waals surface area contributed by atoms with Crippen molar-refractivity contribution in [2.75, 3.05) is 5.32 Å². The van der Waals surface area contributed by atoms with Crippen molar-refractivity contribution in [3.05, 3.63) is 59.9 Å². The molecule has 0 bridgehead atoms. The Morgan fingerprint density at radius 1 is 1.25 bits per heavy atom. The number of amides is 1. The Morgan fingerprint density at radius 2 is 2.15 bits per heavy atom. The van der Waals surface area contributed by atoms with Crippen molar-refractivity contribution in [3.63, 3.8) is 0 Å². The van der Waals surface area contributed by atoms with E-state index in [4.69, 9.17) is 0 Å². The normalized spacial score (nSPS) is 10.7. The van der Waals surface area contributed by atoms with Gasteiger partial charge >= 0.3 is 0 Å². The van der Waals surface area contributed by atoms with Gasteiger partial charge in [-0.15, -0.1) is 0 Å². The largest absolute Gasteiger partial charge is 0.345 e. The molecule has 4 nitrogen and oxygen atoms in total. The number of hydrogen-bond acceptors (Lipinski definition) is 2. The molecule has 0 unspecified atom stereocenters. The average molecular weight is 265 g/mol. The lowest BCUT2D eigenvalue weighted by Gasteiger charge is -2.06. The van der Waals surface area contributed by atoms with Gasteiger partial charge in [0, 0.05) is 5.69 Å². The van der Waals surface area contributed by atoms with Crippen LogP contribution >= 0.6 is 0 Å². The summed E-state index contributed by atoms with van der Waals surface area (Å²) < 4.78 is 0. The number of hydrogen-bond donors (Lipinski definition) is 2. The highest BCUT2D eigenvalue weighted by Crippen LogP contribution is 2.16. The molecule has 2 N–H and O–H groups in total. The summed E-state index contributed by atoms with van der Waals surface area (Å²) in [5, 5.41) is 2.91. The third-order valence-electron chi connectivity index (χ3n) is 3.15. The first-order valence-corrected chi connectivity index (χ1v) is 6.49. The Morgan fingerprint density at radius 3 is 3.00 bits per heavy atom. The van der Waals surface area contributed by atoms with E-state index >= 15 is 0 Å². The van der Waals surface area contributed by atoms with Gasteiger partial charge in [-0.05, 0) is 30.7 Å². The molecule has 100 valence electrons. The summed E-state index contributed by atoms with van der Waals surface area (Å²) in [6.07, 6.45) is 2.02. The molecule has 3 aromatic rings. The minimum absolute atomic E-state index is 0.0190. The molecule has 0 aliphatic heterocycles. The van der Waals surface area contributed by atoms with Crippen LogP contribution in [-0.2, 0) is 11.2 Å². The van der Waals surface area contributed by atoms with Crippen molar-refractivity contribution in [1.29, 1.82) is 0 Å². The fraction of sp³-hybridized carbons (Fsp3) is 0.125. The molecular formula is C16H15N3O. The number of aryl methyl sites for hydroxylation is 1. The number of fused-ring (bicyclic) bond motifs is 1. The number of H-pyrrole nitrogens is 1. The van der Waals surface area contributed by atoms with E-state index in [9.17, 15) is 4.79 Å². The minimum atomic E-state index is -0.0190. The van der Waals surface area contributed by atoms with E-state index < -0.39 is 0 Å². The van der Waals surface area contributed by atoms with Crippen LogP contribution in [0.4, 0.5) is 5.69 Å². The van der Waals surface area contributed by atoms with Gasteiger partial charge in [0.2, 0.25) is 5.91 Å². The molecule has 20 heavy (non-hydrogen) atoms. The molecule has 0 aliphatic rings. The van der Waals surface area contributed by atoms with Gasteiger partial charge in [-0.3, -0.25) is 4.79 Å². The standard InChI is InChI=1S/C16H15N3O/c1-11-3-2-4-12(7-11)8-16(20)19-13-5-6-14-15(9-13)18-10-17-14/h2-7,9-10H,8H2,1H3,(H,17,18)(H,19,20). The second-order valence-corrected chi connectivity index (χ2v) is 4.85. The van der Waals surface area contributed by atoms with Crippen LogP contribution in [0, 0.1) is 6.92 Å². The maximum atomic E-state index is 12.0. The van der Waals surface area contributed by atoms with Crippen molar-refractivity contribution in [2.24, 2.45) is 0 Å². The van der Waals surface area contributed by atoms with Crippen LogP contribution in [-0.4, -0.2) is 15.9 Å². The lowest BCUT2D eigenvalue weighted by atomic mass is 10.1. The number of nitrogens with one attached hydrogen (secondary N) is 2. The molecule has 3 rings (SSSR count). The first kappa shape index (κ1) is 12.4. The Hall–Kier alpha value is -2.62. The van der Waals surface area contributed by atoms with Gasteiger partial charge in [-0.2, -0.15) is 0 Å². The Bertz CT molecular complexity index is 761. The topological polar surface area (TPSA) is 57.8 Å². The van der Waals surface area contributed by atoms with Crippen LogP contribution in [0.2, 0.25) is 0 Å². The number of carbonyl (C=O) groups is 1. The lowest BCUT2D eigenvalue weighted by Crippen LogP contribution is -2.14. The summed E-state index contributed by atoms with van der Waals surface area (Å²) in [4.78, 5) is 19.2. The molecule has 4 heteroatoms. The molecule has 0 spiro atoms. The smallest absolute Gasteiger partial charge is 0.228 e. The lowest BCUT2D eigenvalue weighted by molar-refractivity contribution is -0.115. The molecule has 0 fully saturated rings. The number of carbonyl (C=O) groups excluding carboxylic acids is 1. The highest BCUT2D eigenvalue weighted by molar-refractivity contribution is 5.94. The van der Waals surface area contributed by atoms with Crippen molar-refractivity contribution < 1.29 is 4.79 Å². The number of nitrogens with zero attached hydrogens (tertiary/aromatic N) is 1. The minimum Gasteiger partial charge on any atom is -0.345 e. The van der Waals surface area contributed by atoms with Crippen molar-refractivity contribution >= 4 is 22.6 Å². The summed E-state index contributed by atoms with van der Waals surface area (Å²) in [5.74, 6) is -0.0190. The monoisotopic (exact) mass is 265 g/mol. The highest BCUT2D eigenvalue weighted by Gasteiger charge is 2.05. The van der Waals surface area contributed by atoms with E-state index in [1.165, 1.54) is 0 Å². The van der Waals surface area contributed by atoms with Gasteiger partial charge in [-0.25, -0.2) is 4.98 Å². The van der Waals surface area contributed by atoms with E-state index in [0.29, 0.717) is 6.42 Å². The predicted octanol–water partition coefficient (Wildman–Crippen LogP) is 3.05. The van der Waals surface area contributed by atoms with Crippen LogP contribution in [0.5, 0.6) is 0 Å². The number of imidazole rings is 1. The van der Waals surface area contributed by atoms with Crippen LogP contribution in [0.3, 0.4) is 0 Å². The number of anilines is 1. The van der Waals surface area contributed by atoms with E-state index in [-0.39, 0.29) is 5.91 Å². The third kappa shape index (κ3) is 2.69. The molecule has 1 amide bonds. The quantitative estimate of drug-likeness (QED) is 0.764. The Labute approximate surface area is 116 Å². The summed E-state index contributed by atoms with van der Waals surface area (Å²) in [6, 6.07) is 13.6. The second kappa shape index (κ2) is 5.17. The van der Waals surface area contributed by atoms with Crippen molar-refractivity contribution in [2.45, 2.75) is 13.3 Å². The summed E-state index contributed by atoms with van der Waals surface area (Å²) in [5.41, 5.74) is 4.76. The third-order valence-corrected chi connectivity index (χ3v) is 3.15. The number of rotatable bonds is 3. The molecular weight excluding hydrogens is 250 g/mol. The van der Waals surface area contributed by atoms with Gasteiger partial charge < -0.3 is 10.3 Å². The van der Waals surface area contributed by atoms with Crippen LogP contribution in [0.1, 0.15) is 11.1 Å². The number of aromatic amines is 1. The average Bonchev–Trinajstić information content (AvgIpc) is 2.86. The summed E-state index contributed by atoms with van der Waals surface area (Å²) in [7, 11) is 0. The van der Waals surface area contributed by atoms with Crippen LogP contribution in [0.15, 0.2) is 48.8 Å². The zero-order chi connectivity index (χ0) is 13.9. The number of benzene rings is 2. The fourth-order valence-electron chi connectivity index (χ4n) is 2.23. The SMILES string of the molecule is Cc1cccc(CC(=O)Nc2ccc3nc[nH]c3c2)c1. The molecule has 2 aromatic carbocycles. The fourth-order valence-corrected chi connectivity index (χ4v) is 2.23. The van der Waals surface area contributed by atoms with Crippen LogP contribution < -0.4 is 5.32 Å². The van der Waals surface area contributed by atoms with Gasteiger partial charge in [0.15, 0.2) is 0 Å². The van der Waals surface area contributed by atoms with E-state index in [1.54, 1.807) is 6.33 Å². The first-order chi connectivity index (χ1) is 9.70. The maximum absolute atomic E-state index is 12.0. The van der Waals surface area contributed by atoms with Crippen molar-refractivity contribution in [3.8, 4) is 0 Å². The van der Waals surface area contributed by atoms with E-state index in [2.05, 4.69) is 15.3 Å². The van der Waals surface area contributed by atoms with E-state index in [0.717, 1.165) is 27.8 Å². The van der Waals surface area contributed by atoms with Gasteiger partial charge in [0.05, 0.1) is 23.8 Å². The Balaban J connectivity index is 1.72. The van der Waals surface area contributed by atoms with Gasteiger partial charge in [0.25, 0.3) is 0 Å². The molecule has 0 saturated heterocycles. The first-order valence-electron chi connectivity index (χ1n) is 6.49. The molecule has 0 atom stereocenters.